The topological polar surface area (TPSA) is 117 Å². The van der Waals surface area contributed by atoms with Crippen LogP contribution in [0.1, 0.15) is 40.8 Å². The van der Waals surface area contributed by atoms with Gasteiger partial charge in [-0.15, -0.1) is 0 Å². The Kier molecular flexibility index (Phi) is 6.80. The Morgan fingerprint density at radius 1 is 1.11 bits per heavy atom. The van der Waals surface area contributed by atoms with Gasteiger partial charge in [-0.3, -0.25) is 9.78 Å². The molecule has 2 aromatic carbocycles. The molecule has 38 heavy (non-hydrogen) atoms. The van der Waals surface area contributed by atoms with E-state index in [0.29, 0.717) is 39.3 Å². The lowest BCUT2D eigenvalue weighted by atomic mass is 10.0. The first kappa shape index (κ1) is 25.0. The number of furan rings is 1. The highest BCUT2D eigenvalue weighted by Gasteiger charge is 2.43. The maximum Gasteiger partial charge on any atom is 0.336 e. The van der Waals surface area contributed by atoms with Gasteiger partial charge in [-0.05, 0) is 60.7 Å². The molecule has 0 aliphatic carbocycles. The molecule has 0 bridgehead atoms. The van der Waals surface area contributed by atoms with Crippen LogP contribution in [0.15, 0.2) is 83.4 Å². The molecule has 2 atom stereocenters. The number of thiocarbonyl (C=S) groups is 1. The summed E-state index contributed by atoms with van der Waals surface area (Å²) in [5, 5.41) is 16.3. The highest BCUT2D eigenvalue weighted by atomic mass is 32.1. The molecular weight excluding hydrogens is 504 g/mol. The van der Waals surface area contributed by atoms with E-state index in [2.05, 4.69) is 15.6 Å². The quantitative estimate of drug-likeness (QED) is 0.279. The second-order valence-electron chi connectivity index (χ2n) is 8.62. The molecule has 1 saturated heterocycles. The summed E-state index contributed by atoms with van der Waals surface area (Å²) in [7, 11) is 1.53. The predicted molar refractivity (Wildman–Crippen MR) is 146 cm³/mol. The van der Waals surface area contributed by atoms with Gasteiger partial charge in [-0.25, -0.2) is 4.79 Å². The van der Waals surface area contributed by atoms with Crippen molar-refractivity contribution in [2.45, 2.75) is 19.0 Å². The Morgan fingerprint density at radius 2 is 1.89 bits per heavy atom. The number of pyridine rings is 1. The molecule has 9 nitrogen and oxygen atoms in total. The molecule has 10 heteroatoms. The monoisotopic (exact) mass is 528 g/mol. The van der Waals surface area contributed by atoms with Crippen LogP contribution in [0.3, 0.4) is 0 Å². The normalized spacial score (nSPS) is 16.7. The molecule has 0 radical (unpaired) electrons. The van der Waals surface area contributed by atoms with Gasteiger partial charge in [-0.2, -0.15) is 0 Å². The lowest BCUT2D eigenvalue weighted by molar-refractivity contribution is -0.114. The zero-order valence-electron chi connectivity index (χ0n) is 20.5. The Balaban J connectivity index is 1.62. The minimum Gasteiger partial charge on any atom is -0.495 e. The minimum atomic E-state index is -1.04. The number of methoxy groups -OCH3 is 1. The average molecular weight is 529 g/mol. The molecule has 0 spiro atoms. The number of aromatic carboxylic acids is 1. The molecule has 0 saturated carbocycles. The molecule has 1 aliphatic heterocycles. The number of anilines is 2. The number of aromatic nitrogens is 1. The van der Waals surface area contributed by atoms with E-state index in [0.717, 1.165) is 5.69 Å². The third-order valence-corrected chi connectivity index (χ3v) is 6.53. The number of hydrogen-bond acceptors (Lipinski definition) is 6. The number of hydrogen-bond donors (Lipinski definition) is 3. The lowest BCUT2D eigenvalue weighted by Gasteiger charge is -2.27. The van der Waals surface area contributed by atoms with E-state index in [1.54, 1.807) is 42.6 Å². The van der Waals surface area contributed by atoms with Crippen molar-refractivity contribution < 1.29 is 23.8 Å². The van der Waals surface area contributed by atoms with Gasteiger partial charge in [-0.1, -0.05) is 24.3 Å². The minimum absolute atomic E-state index is 0.140. The van der Waals surface area contributed by atoms with E-state index in [4.69, 9.17) is 21.4 Å². The number of amides is 1. The van der Waals surface area contributed by atoms with Crippen molar-refractivity contribution in [2.24, 2.45) is 0 Å². The van der Waals surface area contributed by atoms with Crippen LogP contribution in [-0.2, 0) is 4.79 Å². The highest BCUT2D eigenvalue weighted by Crippen LogP contribution is 2.44. The van der Waals surface area contributed by atoms with Gasteiger partial charge < -0.3 is 29.8 Å². The largest absolute Gasteiger partial charge is 0.495 e. The van der Waals surface area contributed by atoms with Crippen molar-refractivity contribution in [2.75, 3.05) is 17.3 Å². The molecule has 1 aliphatic rings. The fourth-order valence-electron chi connectivity index (χ4n) is 4.60. The van der Waals surface area contributed by atoms with Crippen LogP contribution >= 0.6 is 12.2 Å². The van der Waals surface area contributed by atoms with Crippen molar-refractivity contribution in [1.82, 2.24) is 10.3 Å². The van der Waals surface area contributed by atoms with Crippen molar-refractivity contribution in [3.05, 3.63) is 96.0 Å². The molecule has 5 rings (SSSR count). The lowest BCUT2D eigenvalue weighted by Crippen LogP contribution is -2.29. The van der Waals surface area contributed by atoms with Gasteiger partial charge >= 0.3 is 5.97 Å². The van der Waals surface area contributed by atoms with Crippen LogP contribution < -0.4 is 20.3 Å². The summed E-state index contributed by atoms with van der Waals surface area (Å²) in [5.41, 5.74) is 2.55. The maximum absolute atomic E-state index is 11.8. The second-order valence-corrected chi connectivity index (χ2v) is 9.00. The van der Waals surface area contributed by atoms with E-state index < -0.39 is 12.0 Å². The summed E-state index contributed by atoms with van der Waals surface area (Å²) in [6.45, 7) is 1.42. The molecule has 1 amide bonds. The van der Waals surface area contributed by atoms with Crippen molar-refractivity contribution in [3.63, 3.8) is 0 Å². The number of nitrogens with one attached hydrogen (secondary N) is 2. The van der Waals surface area contributed by atoms with Gasteiger partial charge in [0, 0.05) is 24.4 Å². The van der Waals surface area contributed by atoms with E-state index in [-0.39, 0.29) is 17.5 Å². The number of benzene rings is 2. The van der Waals surface area contributed by atoms with Crippen LogP contribution in [0.2, 0.25) is 0 Å². The average Bonchev–Trinajstić information content (AvgIpc) is 3.53. The third-order valence-electron chi connectivity index (χ3n) is 6.21. The number of carbonyl (C=O) groups excluding carboxylic acids is 1. The Morgan fingerprint density at radius 3 is 2.61 bits per heavy atom. The summed E-state index contributed by atoms with van der Waals surface area (Å²) in [5.74, 6) is 0.201. The van der Waals surface area contributed by atoms with Gasteiger partial charge in [0.1, 0.15) is 23.3 Å². The standard InChI is InChI=1S/C28H24N4O5S/c1-16(33)30-21-15-17(10-11-23(21)36-2)32-26(25(31-28(32)38)20-9-5-6-14-29-20)24-13-12-22(37-24)18-7-3-4-8-19(18)27(34)35/h3-15,25-26H,1-2H3,(H,30,33)(H,31,38)(H,34,35)/t25-,26-/m0/s1. The summed E-state index contributed by atoms with van der Waals surface area (Å²) in [6, 6.07) is 20.4. The molecule has 3 N–H and O–H groups in total. The van der Waals surface area contributed by atoms with Crippen molar-refractivity contribution in [3.8, 4) is 17.1 Å². The molecule has 2 aromatic heterocycles. The highest BCUT2D eigenvalue weighted by molar-refractivity contribution is 7.80. The number of rotatable bonds is 7. The second kappa shape index (κ2) is 10.3. The number of ether oxygens (including phenoxy) is 1. The van der Waals surface area contributed by atoms with Gasteiger partial charge in [0.15, 0.2) is 5.11 Å². The zero-order valence-corrected chi connectivity index (χ0v) is 21.4. The van der Waals surface area contributed by atoms with Crippen LogP contribution in [0.25, 0.3) is 11.3 Å². The van der Waals surface area contributed by atoms with E-state index in [1.807, 2.05) is 35.2 Å². The van der Waals surface area contributed by atoms with Crippen LogP contribution in [0.4, 0.5) is 11.4 Å². The van der Waals surface area contributed by atoms with Crippen molar-refractivity contribution in [1.29, 1.82) is 0 Å². The Hall–Kier alpha value is -4.70. The van der Waals surface area contributed by atoms with Crippen LogP contribution in [0.5, 0.6) is 5.75 Å². The van der Waals surface area contributed by atoms with Crippen molar-refractivity contribution >= 4 is 40.6 Å². The number of carbonyl (C=O) groups is 2. The molecule has 0 unspecified atom stereocenters. The first-order valence-electron chi connectivity index (χ1n) is 11.8. The SMILES string of the molecule is COc1ccc(N2C(=S)N[C@@H](c3ccccn3)[C@@H]2c2ccc(-c3ccccc3C(=O)O)o2)cc1NC(C)=O. The fraction of sp³-hybridized carbons (Fsp3) is 0.143. The van der Waals surface area contributed by atoms with E-state index in [1.165, 1.54) is 20.1 Å². The van der Waals surface area contributed by atoms with Gasteiger partial charge in [0.2, 0.25) is 5.91 Å². The van der Waals surface area contributed by atoms with E-state index in [9.17, 15) is 14.7 Å². The first-order chi connectivity index (χ1) is 18.4. The molecular formula is C28H24N4O5S. The molecule has 3 heterocycles. The first-order valence-corrected chi connectivity index (χ1v) is 12.2. The summed E-state index contributed by atoms with van der Waals surface area (Å²) < 4.78 is 11.7. The third kappa shape index (κ3) is 4.69. The maximum atomic E-state index is 11.8. The molecule has 4 aromatic rings. The Bertz CT molecular complexity index is 1520. The zero-order chi connectivity index (χ0) is 26.8. The van der Waals surface area contributed by atoms with Crippen LogP contribution in [-0.4, -0.2) is 34.2 Å². The summed E-state index contributed by atoms with van der Waals surface area (Å²) >= 11 is 5.77. The smallest absolute Gasteiger partial charge is 0.336 e. The van der Waals surface area contributed by atoms with Crippen LogP contribution in [0, 0.1) is 0 Å². The van der Waals surface area contributed by atoms with Gasteiger partial charge in [0.05, 0.1) is 30.1 Å². The molecule has 192 valence electrons. The predicted octanol–water partition coefficient (Wildman–Crippen LogP) is 5.18. The fourth-order valence-corrected chi connectivity index (χ4v) is 4.94. The summed E-state index contributed by atoms with van der Waals surface area (Å²) in [6.07, 6.45) is 1.71. The van der Waals surface area contributed by atoms with E-state index >= 15 is 0 Å². The number of nitrogens with zero attached hydrogens (tertiary/aromatic N) is 2. The number of carboxylic acid groups (broad SMARTS) is 1. The van der Waals surface area contributed by atoms with Gasteiger partial charge in [0.25, 0.3) is 0 Å². The molecule has 1 fully saturated rings. The summed E-state index contributed by atoms with van der Waals surface area (Å²) in [4.78, 5) is 30.1. The Labute approximate surface area is 224 Å². The number of carboxylic acids is 1.